The highest BCUT2D eigenvalue weighted by molar-refractivity contribution is 6.31. The van der Waals surface area contributed by atoms with Gasteiger partial charge in [0.15, 0.2) is 0 Å². The first kappa shape index (κ1) is 15.5. The molecule has 1 aromatic carbocycles. The molecule has 5 heteroatoms. The van der Waals surface area contributed by atoms with Crippen LogP contribution in [0.5, 0.6) is 0 Å². The molecule has 0 radical (unpaired) electrons. The molecule has 1 aliphatic rings. The number of anilines is 1. The maximum absolute atomic E-state index is 12.8. The molecule has 1 saturated carbocycles. The Kier molecular flexibility index (Phi) is 4.84. The minimum atomic E-state index is -4.41. The Morgan fingerprint density at radius 1 is 1.20 bits per heavy atom. The van der Waals surface area contributed by atoms with Crippen LogP contribution in [0.3, 0.4) is 0 Å². The van der Waals surface area contributed by atoms with E-state index in [1.165, 1.54) is 18.9 Å². The molecule has 0 unspecified atom stereocenters. The van der Waals surface area contributed by atoms with E-state index in [-0.39, 0.29) is 5.02 Å². The third-order valence-corrected chi connectivity index (χ3v) is 4.33. The molecular weight excluding hydrogens is 287 g/mol. The van der Waals surface area contributed by atoms with Gasteiger partial charge in [0.1, 0.15) is 0 Å². The monoisotopic (exact) mass is 305 g/mol. The lowest BCUT2D eigenvalue weighted by atomic mass is 9.83. The number of hydrogen-bond donors (Lipinski definition) is 1. The lowest BCUT2D eigenvalue weighted by molar-refractivity contribution is -0.137. The standard InChI is InChI=1S/C15H19ClF3N/c1-10-2-4-11(5-3-10)9-20-12-6-7-14(16)13(8-12)15(17,18)19/h6-8,10-11,20H,2-5,9H2,1H3. The Morgan fingerprint density at radius 3 is 2.45 bits per heavy atom. The SMILES string of the molecule is CC1CCC(CNc2ccc(Cl)c(C(F)(F)F)c2)CC1. The summed E-state index contributed by atoms with van der Waals surface area (Å²) in [4.78, 5) is 0. The molecule has 0 aliphatic heterocycles. The summed E-state index contributed by atoms with van der Waals surface area (Å²) in [5.74, 6) is 1.33. The summed E-state index contributed by atoms with van der Waals surface area (Å²) in [5, 5.41) is 2.86. The van der Waals surface area contributed by atoms with E-state index in [9.17, 15) is 13.2 Å². The maximum Gasteiger partial charge on any atom is 0.417 e. The van der Waals surface area contributed by atoms with Crippen molar-refractivity contribution in [2.24, 2.45) is 11.8 Å². The quantitative estimate of drug-likeness (QED) is 0.766. The van der Waals surface area contributed by atoms with Crippen molar-refractivity contribution in [1.29, 1.82) is 0 Å². The average Bonchev–Trinajstić information content (AvgIpc) is 2.38. The molecule has 0 aromatic heterocycles. The second-order valence-electron chi connectivity index (χ2n) is 5.70. The van der Waals surface area contributed by atoms with Gasteiger partial charge in [-0.1, -0.05) is 31.4 Å². The van der Waals surface area contributed by atoms with Gasteiger partial charge in [0.2, 0.25) is 0 Å². The van der Waals surface area contributed by atoms with Crippen LogP contribution < -0.4 is 5.32 Å². The van der Waals surface area contributed by atoms with Gasteiger partial charge in [-0.3, -0.25) is 0 Å². The zero-order valence-electron chi connectivity index (χ0n) is 11.4. The molecule has 0 amide bonds. The van der Waals surface area contributed by atoms with Gasteiger partial charge >= 0.3 is 6.18 Å². The molecule has 1 N–H and O–H groups in total. The van der Waals surface area contributed by atoms with Crippen LogP contribution in [0.25, 0.3) is 0 Å². The molecule has 1 nitrogen and oxygen atoms in total. The molecule has 0 saturated heterocycles. The fraction of sp³-hybridized carbons (Fsp3) is 0.600. The molecule has 0 bridgehead atoms. The molecule has 20 heavy (non-hydrogen) atoms. The predicted molar refractivity (Wildman–Crippen MR) is 76.1 cm³/mol. The van der Waals surface area contributed by atoms with Crippen LogP contribution in [0, 0.1) is 11.8 Å². The first-order chi connectivity index (χ1) is 9.36. The van der Waals surface area contributed by atoms with E-state index in [4.69, 9.17) is 11.6 Å². The fourth-order valence-electron chi connectivity index (χ4n) is 2.65. The smallest absolute Gasteiger partial charge is 0.385 e. The van der Waals surface area contributed by atoms with E-state index in [0.717, 1.165) is 31.4 Å². The zero-order valence-corrected chi connectivity index (χ0v) is 12.2. The third kappa shape index (κ3) is 4.05. The molecule has 0 heterocycles. The maximum atomic E-state index is 12.8. The summed E-state index contributed by atoms with van der Waals surface area (Å²) in [7, 11) is 0. The number of halogens is 4. The van der Waals surface area contributed by atoms with Crippen molar-refractivity contribution in [2.45, 2.75) is 38.8 Å². The van der Waals surface area contributed by atoms with Crippen molar-refractivity contribution in [3.05, 3.63) is 28.8 Å². The molecule has 0 atom stereocenters. The predicted octanol–water partition coefficient (Wildman–Crippen LogP) is 5.60. The van der Waals surface area contributed by atoms with Crippen LogP contribution in [0.4, 0.5) is 18.9 Å². The van der Waals surface area contributed by atoms with Crippen LogP contribution in [-0.4, -0.2) is 6.54 Å². The molecular formula is C15H19ClF3N. The summed E-state index contributed by atoms with van der Waals surface area (Å²) < 4.78 is 38.3. The number of hydrogen-bond acceptors (Lipinski definition) is 1. The highest BCUT2D eigenvalue weighted by atomic mass is 35.5. The van der Waals surface area contributed by atoms with E-state index < -0.39 is 11.7 Å². The lowest BCUT2D eigenvalue weighted by Gasteiger charge is -2.26. The van der Waals surface area contributed by atoms with E-state index >= 15 is 0 Å². The van der Waals surface area contributed by atoms with Gasteiger partial charge in [-0.05, 0) is 42.9 Å². The largest absolute Gasteiger partial charge is 0.417 e. The number of alkyl halides is 3. The second kappa shape index (κ2) is 6.25. The summed E-state index contributed by atoms with van der Waals surface area (Å²) in [6.07, 6.45) is 0.304. The minimum Gasteiger partial charge on any atom is -0.385 e. The highest BCUT2D eigenvalue weighted by Gasteiger charge is 2.33. The first-order valence-electron chi connectivity index (χ1n) is 6.97. The second-order valence-corrected chi connectivity index (χ2v) is 6.11. The number of benzene rings is 1. The van der Waals surface area contributed by atoms with Gasteiger partial charge in [0, 0.05) is 12.2 Å². The van der Waals surface area contributed by atoms with Crippen LogP contribution in [0.1, 0.15) is 38.2 Å². The van der Waals surface area contributed by atoms with Crippen molar-refractivity contribution in [1.82, 2.24) is 0 Å². The van der Waals surface area contributed by atoms with Crippen LogP contribution >= 0.6 is 11.6 Å². The van der Waals surface area contributed by atoms with Gasteiger partial charge in [-0.15, -0.1) is 0 Å². The zero-order chi connectivity index (χ0) is 14.8. The van der Waals surface area contributed by atoms with E-state index in [1.807, 2.05) is 0 Å². The first-order valence-corrected chi connectivity index (χ1v) is 7.34. The van der Waals surface area contributed by atoms with Crippen LogP contribution in [0.2, 0.25) is 5.02 Å². The summed E-state index contributed by atoms with van der Waals surface area (Å²) in [6.45, 7) is 2.98. The van der Waals surface area contributed by atoms with Gasteiger partial charge in [-0.25, -0.2) is 0 Å². The molecule has 1 fully saturated rings. The van der Waals surface area contributed by atoms with E-state index in [0.29, 0.717) is 11.6 Å². The van der Waals surface area contributed by atoms with Gasteiger partial charge < -0.3 is 5.32 Å². The van der Waals surface area contributed by atoms with E-state index in [1.54, 1.807) is 6.07 Å². The molecule has 112 valence electrons. The summed E-state index contributed by atoms with van der Waals surface area (Å²) in [5.41, 5.74) is -0.290. The number of rotatable bonds is 3. The van der Waals surface area contributed by atoms with Crippen molar-refractivity contribution in [3.8, 4) is 0 Å². The number of nitrogens with one attached hydrogen (secondary N) is 1. The fourth-order valence-corrected chi connectivity index (χ4v) is 2.87. The van der Waals surface area contributed by atoms with Crippen molar-refractivity contribution in [2.75, 3.05) is 11.9 Å². The summed E-state index contributed by atoms with van der Waals surface area (Å²) >= 11 is 5.60. The summed E-state index contributed by atoms with van der Waals surface area (Å²) in [6, 6.07) is 3.99. The Hall–Kier alpha value is -0.900. The molecule has 2 rings (SSSR count). The van der Waals surface area contributed by atoms with Crippen molar-refractivity contribution >= 4 is 17.3 Å². The minimum absolute atomic E-state index is 0.255. The van der Waals surface area contributed by atoms with Gasteiger partial charge in [0.05, 0.1) is 10.6 Å². The lowest BCUT2D eigenvalue weighted by Crippen LogP contribution is -2.20. The van der Waals surface area contributed by atoms with Crippen LogP contribution in [-0.2, 0) is 6.18 Å². The van der Waals surface area contributed by atoms with Crippen molar-refractivity contribution < 1.29 is 13.2 Å². The highest BCUT2D eigenvalue weighted by Crippen LogP contribution is 2.36. The Labute approximate surface area is 122 Å². The average molecular weight is 306 g/mol. The van der Waals surface area contributed by atoms with Gasteiger partial charge in [-0.2, -0.15) is 13.2 Å². The Morgan fingerprint density at radius 2 is 1.85 bits per heavy atom. The van der Waals surface area contributed by atoms with Crippen LogP contribution in [0.15, 0.2) is 18.2 Å². The Bertz CT molecular complexity index is 451. The third-order valence-electron chi connectivity index (χ3n) is 4.00. The Balaban J connectivity index is 1.96. The normalized spacial score (nSPS) is 23.6. The molecule has 0 spiro atoms. The topological polar surface area (TPSA) is 12.0 Å². The molecule has 1 aliphatic carbocycles. The van der Waals surface area contributed by atoms with Gasteiger partial charge in [0.25, 0.3) is 0 Å². The molecule has 1 aromatic rings. The van der Waals surface area contributed by atoms with Crippen molar-refractivity contribution in [3.63, 3.8) is 0 Å². The van der Waals surface area contributed by atoms with E-state index in [2.05, 4.69) is 12.2 Å².